The minimum atomic E-state index is -1.73. The summed E-state index contributed by atoms with van der Waals surface area (Å²) in [4.78, 5) is 0. The average molecular weight is 259 g/mol. The van der Waals surface area contributed by atoms with Crippen LogP contribution in [0, 0.1) is 5.82 Å². The average Bonchev–Trinajstić information content (AvgIpc) is 2.57. The fraction of sp³-hybridized carbons (Fsp3) is 0. The summed E-state index contributed by atoms with van der Waals surface area (Å²) in [5.41, 5.74) is 0.193. The van der Waals surface area contributed by atoms with Gasteiger partial charge in [0.2, 0.25) is 0 Å². The Balaban J connectivity index is 2.75. The molecule has 0 atom stereocenters. The molecule has 0 fully saturated rings. The summed E-state index contributed by atoms with van der Waals surface area (Å²) in [6, 6.07) is 4.03. The Bertz CT molecular complexity index is 444. The fourth-order valence-electron chi connectivity index (χ4n) is 1.20. The van der Waals surface area contributed by atoms with Crippen molar-refractivity contribution in [1.82, 2.24) is 0 Å². The summed E-state index contributed by atoms with van der Waals surface area (Å²) in [6.07, 6.45) is 0. The summed E-state index contributed by atoms with van der Waals surface area (Å²) in [7, 11) is -1.73. The van der Waals surface area contributed by atoms with Gasteiger partial charge in [0.15, 0.2) is 0 Å². The highest BCUT2D eigenvalue weighted by atomic mass is 79.9. The van der Waals surface area contributed by atoms with Gasteiger partial charge in [-0.25, -0.2) is 4.39 Å². The molecule has 0 radical (unpaired) electrons. The molecule has 0 saturated carbocycles. The second-order valence-electron chi connectivity index (χ2n) is 2.79. The molecule has 0 unspecified atom stereocenters. The number of rotatable bonds is 1. The molecule has 14 heavy (non-hydrogen) atoms. The Morgan fingerprint density at radius 2 is 2.07 bits per heavy atom. The Morgan fingerprint density at radius 3 is 2.64 bits per heavy atom. The van der Waals surface area contributed by atoms with Gasteiger partial charge in [-0.05, 0) is 34.1 Å². The predicted molar refractivity (Wildman–Crippen MR) is 53.7 cm³/mol. The van der Waals surface area contributed by atoms with Crippen LogP contribution in [-0.4, -0.2) is 17.2 Å². The summed E-state index contributed by atoms with van der Waals surface area (Å²) in [6.45, 7) is 0. The number of hydrogen-bond acceptors (Lipinski definition) is 3. The highest BCUT2D eigenvalue weighted by molar-refractivity contribution is 9.10. The molecule has 2 rings (SSSR count). The number of hydrogen-bond donors (Lipinski definition) is 2. The van der Waals surface area contributed by atoms with E-state index in [4.69, 9.17) is 14.5 Å². The predicted octanol–water partition coefficient (Wildman–Crippen LogP) is 1.01. The standard InChI is InChI=1S/C8H5BBrFO3/c10-5-1-2-6(11)4-3-7(9(12)13)14-8(4)5/h1-3,12-13H. The third-order valence-electron chi connectivity index (χ3n) is 1.86. The van der Waals surface area contributed by atoms with E-state index in [0.29, 0.717) is 4.47 Å². The lowest BCUT2D eigenvalue weighted by Crippen LogP contribution is -2.27. The van der Waals surface area contributed by atoms with Crippen molar-refractivity contribution in [2.24, 2.45) is 0 Å². The van der Waals surface area contributed by atoms with Crippen LogP contribution in [0.4, 0.5) is 4.39 Å². The van der Waals surface area contributed by atoms with Gasteiger partial charge in [-0.1, -0.05) is 0 Å². The molecular formula is C8H5BBrFO3. The van der Waals surface area contributed by atoms with Crippen LogP contribution >= 0.6 is 15.9 Å². The van der Waals surface area contributed by atoms with Crippen LogP contribution in [0.1, 0.15) is 0 Å². The minimum Gasteiger partial charge on any atom is -0.463 e. The van der Waals surface area contributed by atoms with E-state index in [0.717, 1.165) is 0 Å². The van der Waals surface area contributed by atoms with Gasteiger partial charge in [0.1, 0.15) is 17.1 Å². The molecule has 3 nitrogen and oxygen atoms in total. The van der Waals surface area contributed by atoms with Crippen molar-refractivity contribution in [3.63, 3.8) is 0 Å². The molecule has 72 valence electrons. The monoisotopic (exact) mass is 258 g/mol. The van der Waals surface area contributed by atoms with Gasteiger partial charge in [-0.15, -0.1) is 0 Å². The smallest absolute Gasteiger partial charge is 0.463 e. The van der Waals surface area contributed by atoms with E-state index in [1.807, 2.05) is 0 Å². The second kappa shape index (κ2) is 3.38. The van der Waals surface area contributed by atoms with Gasteiger partial charge in [0.25, 0.3) is 0 Å². The minimum absolute atomic E-state index is 0.0780. The largest absolute Gasteiger partial charge is 0.526 e. The van der Waals surface area contributed by atoms with Crippen LogP contribution in [0.25, 0.3) is 11.0 Å². The lowest BCUT2D eigenvalue weighted by atomic mass is 9.88. The van der Waals surface area contributed by atoms with Crippen LogP contribution in [0.15, 0.2) is 27.1 Å². The van der Waals surface area contributed by atoms with Crippen molar-refractivity contribution in [2.75, 3.05) is 0 Å². The Labute approximate surface area is 87.4 Å². The lowest BCUT2D eigenvalue weighted by Gasteiger charge is -1.93. The quantitative estimate of drug-likeness (QED) is 0.751. The van der Waals surface area contributed by atoms with E-state index in [2.05, 4.69) is 15.9 Å². The second-order valence-corrected chi connectivity index (χ2v) is 3.65. The molecule has 0 aliphatic rings. The highest BCUT2D eigenvalue weighted by Crippen LogP contribution is 2.26. The van der Waals surface area contributed by atoms with Gasteiger partial charge < -0.3 is 14.5 Å². The summed E-state index contributed by atoms with van der Waals surface area (Å²) in [5.74, 6) is -0.459. The zero-order valence-electron chi connectivity index (χ0n) is 6.87. The van der Waals surface area contributed by atoms with Gasteiger partial charge in [0, 0.05) is 0 Å². The van der Waals surface area contributed by atoms with Gasteiger partial charge in [-0.2, -0.15) is 0 Å². The molecule has 0 amide bonds. The van der Waals surface area contributed by atoms with Crippen LogP contribution < -0.4 is 5.66 Å². The molecule has 0 aliphatic carbocycles. The zero-order valence-corrected chi connectivity index (χ0v) is 8.45. The number of benzene rings is 1. The van der Waals surface area contributed by atoms with Gasteiger partial charge >= 0.3 is 7.12 Å². The van der Waals surface area contributed by atoms with Crippen LogP contribution in [0.3, 0.4) is 0 Å². The first-order chi connectivity index (χ1) is 6.59. The molecule has 0 spiro atoms. The summed E-state index contributed by atoms with van der Waals surface area (Å²) in [5, 5.41) is 17.9. The SMILES string of the molecule is OB(O)c1cc2c(F)ccc(Br)c2o1. The van der Waals surface area contributed by atoms with E-state index in [-0.39, 0.29) is 16.6 Å². The molecular weight excluding hydrogens is 254 g/mol. The first kappa shape index (κ1) is 9.70. The normalized spacial score (nSPS) is 10.9. The third-order valence-corrected chi connectivity index (χ3v) is 2.48. The maximum atomic E-state index is 13.2. The molecule has 0 saturated heterocycles. The Kier molecular flexibility index (Phi) is 2.34. The van der Waals surface area contributed by atoms with E-state index in [9.17, 15) is 4.39 Å². The molecule has 0 aliphatic heterocycles. The highest BCUT2D eigenvalue weighted by Gasteiger charge is 2.19. The molecule has 1 heterocycles. The fourth-order valence-corrected chi connectivity index (χ4v) is 1.63. The summed E-state index contributed by atoms with van der Waals surface area (Å²) >= 11 is 3.17. The van der Waals surface area contributed by atoms with Crippen molar-refractivity contribution in [2.45, 2.75) is 0 Å². The van der Waals surface area contributed by atoms with Crippen LogP contribution in [0.2, 0.25) is 0 Å². The Hall–Kier alpha value is -0.845. The van der Waals surface area contributed by atoms with Gasteiger partial charge in [-0.3, -0.25) is 0 Å². The van der Waals surface area contributed by atoms with Crippen LogP contribution in [0.5, 0.6) is 0 Å². The topological polar surface area (TPSA) is 53.6 Å². The maximum Gasteiger partial charge on any atom is 0.526 e. The Morgan fingerprint density at radius 1 is 1.36 bits per heavy atom. The van der Waals surface area contributed by atoms with Crippen molar-refractivity contribution in [3.8, 4) is 0 Å². The van der Waals surface area contributed by atoms with Gasteiger partial charge in [0.05, 0.1) is 9.86 Å². The zero-order chi connectivity index (χ0) is 10.3. The van der Waals surface area contributed by atoms with E-state index < -0.39 is 12.9 Å². The number of furan rings is 1. The first-order valence-corrected chi connectivity index (χ1v) is 4.62. The van der Waals surface area contributed by atoms with Crippen LogP contribution in [-0.2, 0) is 0 Å². The molecule has 6 heteroatoms. The molecule has 2 aromatic rings. The van der Waals surface area contributed by atoms with E-state index >= 15 is 0 Å². The maximum absolute atomic E-state index is 13.2. The number of halogens is 2. The molecule has 0 bridgehead atoms. The third kappa shape index (κ3) is 1.45. The van der Waals surface area contributed by atoms with Crippen molar-refractivity contribution in [1.29, 1.82) is 0 Å². The molecule has 1 aromatic carbocycles. The summed E-state index contributed by atoms with van der Waals surface area (Å²) < 4.78 is 18.8. The van der Waals surface area contributed by atoms with E-state index in [1.165, 1.54) is 18.2 Å². The van der Waals surface area contributed by atoms with Crippen molar-refractivity contribution in [3.05, 3.63) is 28.5 Å². The van der Waals surface area contributed by atoms with Crippen molar-refractivity contribution >= 4 is 39.7 Å². The van der Waals surface area contributed by atoms with E-state index in [1.54, 1.807) is 0 Å². The number of fused-ring (bicyclic) bond motifs is 1. The van der Waals surface area contributed by atoms with Crippen molar-refractivity contribution < 1.29 is 18.9 Å². The molecule has 1 aromatic heterocycles. The lowest BCUT2D eigenvalue weighted by molar-refractivity contribution is 0.412. The first-order valence-electron chi connectivity index (χ1n) is 3.83. The molecule has 2 N–H and O–H groups in total.